The maximum Gasteiger partial charge on any atom is 0.275 e. The van der Waals surface area contributed by atoms with Crippen molar-refractivity contribution < 1.29 is 9.77 Å². The van der Waals surface area contributed by atoms with E-state index in [0.29, 0.717) is 4.47 Å². The molecule has 1 aromatic heterocycles. The van der Waals surface area contributed by atoms with Crippen LogP contribution in [-0.2, 0) is 4.74 Å². The highest BCUT2D eigenvalue weighted by atomic mass is 35.5. The Morgan fingerprint density at radius 1 is 1.83 bits per heavy atom. The van der Waals surface area contributed by atoms with Gasteiger partial charge in [0.1, 0.15) is 18.6 Å². The molecule has 8 nitrogen and oxygen atoms in total. The minimum absolute atomic E-state index is 0.165. The fourth-order valence-electron chi connectivity index (χ4n) is 1.50. The number of ether oxygens (including phenoxy) is 1. The van der Waals surface area contributed by atoms with Gasteiger partial charge in [-0.1, -0.05) is 11.6 Å². The van der Waals surface area contributed by atoms with Gasteiger partial charge in [-0.15, -0.1) is 11.3 Å². The van der Waals surface area contributed by atoms with E-state index in [2.05, 4.69) is 15.4 Å². The number of guanidine groups is 1. The Morgan fingerprint density at radius 2 is 2.61 bits per heavy atom. The van der Waals surface area contributed by atoms with Crippen molar-refractivity contribution in [1.82, 2.24) is 15.2 Å². The summed E-state index contributed by atoms with van der Waals surface area (Å²) in [4.78, 5) is 16.9. The highest BCUT2D eigenvalue weighted by Gasteiger charge is 2.27. The van der Waals surface area contributed by atoms with Gasteiger partial charge in [-0.2, -0.15) is 0 Å². The zero-order valence-electron chi connectivity index (χ0n) is 9.37. The Balaban J connectivity index is 2.21. The molecule has 1 aliphatic rings. The second-order valence-corrected chi connectivity index (χ2v) is 5.12. The molecule has 98 valence electrons. The third kappa shape index (κ3) is 2.86. The summed E-state index contributed by atoms with van der Waals surface area (Å²) >= 11 is 7.08. The molecule has 1 N–H and O–H groups in total. The zero-order chi connectivity index (χ0) is 13.1. The average molecular weight is 292 g/mol. The van der Waals surface area contributed by atoms with Gasteiger partial charge in [0, 0.05) is 11.1 Å². The Labute approximate surface area is 111 Å². The topological polar surface area (TPSA) is 92.9 Å². The average Bonchev–Trinajstić information content (AvgIpc) is 2.75. The van der Waals surface area contributed by atoms with Crippen molar-refractivity contribution in [2.45, 2.75) is 13.0 Å². The maximum atomic E-state index is 10.5. The number of nitrogens with zero attached hydrogens (tertiary/aromatic N) is 4. The summed E-state index contributed by atoms with van der Waals surface area (Å²) < 4.78 is 5.63. The van der Waals surface area contributed by atoms with E-state index in [0.717, 1.165) is 4.88 Å². The summed E-state index contributed by atoms with van der Waals surface area (Å²) in [5, 5.41) is 15.7. The first-order chi connectivity index (χ1) is 8.58. The molecule has 0 amide bonds. The van der Waals surface area contributed by atoms with Gasteiger partial charge in [0.2, 0.25) is 0 Å². The summed E-state index contributed by atoms with van der Waals surface area (Å²) in [7, 11) is 0. The Kier molecular flexibility index (Phi) is 3.94. The highest BCUT2D eigenvalue weighted by Crippen LogP contribution is 2.28. The molecule has 1 atom stereocenters. The number of rotatable bonds is 3. The van der Waals surface area contributed by atoms with Crippen LogP contribution >= 0.6 is 22.9 Å². The molecule has 2 heterocycles. The van der Waals surface area contributed by atoms with E-state index in [9.17, 15) is 10.1 Å². The molecule has 0 aliphatic carbocycles. The fourth-order valence-corrected chi connectivity index (χ4v) is 2.52. The van der Waals surface area contributed by atoms with Crippen molar-refractivity contribution in [2.75, 3.05) is 13.5 Å². The largest absolute Gasteiger partial charge is 0.341 e. The van der Waals surface area contributed by atoms with Gasteiger partial charge >= 0.3 is 0 Å². The van der Waals surface area contributed by atoms with Crippen LogP contribution in [-0.4, -0.2) is 34.3 Å². The van der Waals surface area contributed by atoms with Crippen LogP contribution in [0.2, 0.25) is 4.47 Å². The second kappa shape index (κ2) is 5.46. The summed E-state index contributed by atoms with van der Waals surface area (Å²) in [6, 6.07) is -0.165. The molecule has 10 heteroatoms. The van der Waals surface area contributed by atoms with Gasteiger partial charge in [-0.3, -0.25) is 0 Å². The molecule has 0 spiro atoms. The van der Waals surface area contributed by atoms with Crippen molar-refractivity contribution in [1.29, 1.82) is 0 Å². The van der Waals surface area contributed by atoms with E-state index >= 15 is 0 Å². The number of hydrogen-bond donors (Lipinski definition) is 1. The molecule has 0 bridgehead atoms. The van der Waals surface area contributed by atoms with Crippen molar-refractivity contribution in [3.63, 3.8) is 0 Å². The van der Waals surface area contributed by atoms with Gasteiger partial charge in [-0.25, -0.2) is 15.1 Å². The molecular weight excluding hydrogens is 282 g/mol. The first-order valence-electron chi connectivity index (χ1n) is 5.00. The summed E-state index contributed by atoms with van der Waals surface area (Å²) in [6.07, 6.45) is 1.63. The van der Waals surface area contributed by atoms with Gasteiger partial charge < -0.3 is 15.0 Å². The minimum atomic E-state index is -0.743. The Hall–Kier alpha value is -1.45. The molecule has 2 rings (SSSR count). The van der Waals surface area contributed by atoms with Crippen molar-refractivity contribution in [3.8, 4) is 0 Å². The van der Waals surface area contributed by atoms with E-state index in [1.807, 2.05) is 6.92 Å². The lowest BCUT2D eigenvalue weighted by atomic mass is 10.2. The lowest BCUT2D eigenvalue weighted by molar-refractivity contribution is -0.486. The van der Waals surface area contributed by atoms with Crippen LogP contribution in [0.25, 0.3) is 0 Å². The van der Waals surface area contributed by atoms with E-state index < -0.39 is 5.03 Å². The molecular formula is C8H10ClN5O3S. The molecule has 0 aromatic carbocycles. The smallest absolute Gasteiger partial charge is 0.275 e. The maximum absolute atomic E-state index is 10.5. The van der Waals surface area contributed by atoms with Crippen LogP contribution in [0, 0.1) is 10.1 Å². The molecule has 18 heavy (non-hydrogen) atoms. The molecule has 1 unspecified atom stereocenters. The van der Waals surface area contributed by atoms with Gasteiger partial charge in [0.15, 0.2) is 9.50 Å². The highest BCUT2D eigenvalue weighted by molar-refractivity contribution is 7.15. The van der Waals surface area contributed by atoms with Gasteiger partial charge in [-0.05, 0) is 6.92 Å². The first-order valence-corrected chi connectivity index (χ1v) is 6.20. The summed E-state index contributed by atoms with van der Waals surface area (Å²) in [6.45, 7) is 2.28. The number of aromatic nitrogens is 1. The van der Waals surface area contributed by atoms with Crippen molar-refractivity contribution in [2.24, 2.45) is 5.10 Å². The van der Waals surface area contributed by atoms with Crippen LogP contribution in [0.4, 0.5) is 0 Å². The number of halogens is 1. The number of nitrogens with one attached hydrogen (secondary N) is 1. The lowest BCUT2D eigenvalue weighted by Gasteiger charge is -2.33. The number of thiazole rings is 1. The summed E-state index contributed by atoms with van der Waals surface area (Å²) in [5.41, 5.74) is 0. The lowest BCUT2D eigenvalue weighted by Crippen LogP contribution is -2.50. The monoisotopic (exact) mass is 291 g/mol. The van der Waals surface area contributed by atoms with Crippen molar-refractivity contribution in [3.05, 3.63) is 25.7 Å². The first kappa shape index (κ1) is 13.0. The van der Waals surface area contributed by atoms with E-state index in [4.69, 9.17) is 16.3 Å². The number of nitro groups is 1. The minimum Gasteiger partial charge on any atom is -0.341 e. The molecule has 1 fully saturated rings. The third-order valence-electron chi connectivity index (χ3n) is 2.39. The van der Waals surface area contributed by atoms with E-state index in [-0.39, 0.29) is 25.5 Å². The predicted octanol–water partition coefficient (Wildman–Crippen LogP) is 1.24. The summed E-state index contributed by atoms with van der Waals surface area (Å²) in [5.74, 6) is 0.170. The Bertz CT molecular complexity index is 479. The van der Waals surface area contributed by atoms with Gasteiger partial charge in [0.05, 0.1) is 6.04 Å². The van der Waals surface area contributed by atoms with Crippen LogP contribution < -0.4 is 5.32 Å². The molecule has 1 aliphatic heterocycles. The normalized spacial score (nSPS) is 19.7. The van der Waals surface area contributed by atoms with Gasteiger partial charge in [0.25, 0.3) is 5.96 Å². The second-order valence-electron chi connectivity index (χ2n) is 3.48. The molecule has 0 radical (unpaired) electrons. The standard InChI is InChI=1S/C8H10ClN5O3S/c1-5(6-2-10-7(9)18-6)13-4-17-3-11-8(13)12-14(15)16/h2,5H,3-4H2,1H3,(H,11,12). The number of hydrogen-bond acceptors (Lipinski definition) is 5. The SMILES string of the molecule is CC(c1cnc(Cl)s1)N1COCNC1=N[N+](=O)[O-]. The number of hydrazone groups is 1. The van der Waals surface area contributed by atoms with E-state index in [1.54, 1.807) is 11.1 Å². The molecule has 0 saturated carbocycles. The Morgan fingerprint density at radius 3 is 3.22 bits per heavy atom. The zero-order valence-corrected chi connectivity index (χ0v) is 10.9. The van der Waals surface area contributed by atoms with Crippen LogP contribution in [0.5, 0.6) is 0 Å². The van der Waals surface area contributed by atoms with Crippen LogP contribution in [0.3, 0.4) is 0 Å². The third-order valence-corrected chi connectivity index (χ3v) is 3.67. The van der Waals surface area contributed by atoms with Crippen LogP contribution in [0.1, 0.15) is 17.8 Å². The molecule has 1 saturated heterocycles. The van der Waals surface area contributed by atoms with Crippen LogP contribution in [0.15, 0.2) is 11.3 Å². The predicted molar refractivity (Wildman–Crippen MR) is 65.8 cm³/mol. The quantitative estimate of drug-likeness (QED) is 0.665. The fraction of sp³-hybridized carbons (Fsp3) is 0.500. The van der Waals surface area contributed by atoms with E-state index in [1.165, 1.54) is 11.3 Å². The van der Waals surface area contributed by atoms with Crippen molar-refractivity contribution >= 4 is 28.9 Å². The molecule has 1 aromatic rings.